The van der Waals surface area contributed by atoms with Crippen molar-refractivity contribution in [2.75, 3.05) is 45.8 Å². The monoisotopic (exact) mass is 485 g/mol. The molecule has 2 fully saturated rings. The fourth-order valence-electron chi connectivity index (χ4n) is 5.07. The van der Waals surface area contributed by atoms with Crippen LogP contribution >= 0.6 is 0 Å². The highest BCUT2D eigenvalue weighted by Gasteiger charge is 2.28. The summed E-state index contributed by atoms with van der Waals surface area (Å²) in [5, 5.41) is 4.84. The quantitative estimate of drug-likeness (QED) is 0.535. The number of aromatic nitrogens is 2. The van der Waals surface area contributed by atoms with Crippen LogP contribution in [0.15, 0.2) is 60.8 Å². The van der Waals surface area contributed by atoms with Crippen LogP contribution in [0.1, 0.15) is 40.7 Å². The highest BCUT2D eigenvalue weighted by atomic mass is 16.2. The Morgan fingerprint density at radius 2 is 1.50 bits per heavy atom. The van der Waals surface area contributed by atoms with Crippen LogP contribution in [0.3, 0.4) is 0 Å². The van der Waals surface area contributed by atoms with Crippen LogP contribution < -0.4 is 0 Å². The number of likely N-dealkylation sites (tertiary alicyclic amines) is 1. The molecule has 2 saturated heterocycles. The molecule has 188 valence electrons. The van der Waals surface area contributed by atoms with Crippen molar-refractivity contribution in [3.63, 3.8) is 0 Å². The molecule has 0 aliphatic carbocycles. The summed E-state index contributed by atoms with van der Waals surface area (Å²) in [7, 11) is 0. The van der Waals surface area contributed by atoms with Crippen LogP contribution in [-0.2, 0) is 11.3 Å². The van der Waals surface area contributed by atoms with Gasteiger partial charge in [-0.3, -0.25) is 19.2 Å². The summed E-state index contributed by atoms with van der Waals surface area (Å²) in [6.45, 7) is 7.53. The molecule has 2 aliphatic rings. The van der Waals surface area contributed by atoms with Gasteiger partial charge in [-0.2, -0.15) is 5.10 Å². The highest BCUT2D eigenvalue weighted by molar-refractivity contribution is 6.00. The molecule has 0 bridgehead atoms. The predicted molar refractivity (Wildman–Crippen MR) is 141 cm³/mol. The molecule has 5 rings (SSSR count). The standard InChI is InChI=1S/C29H35N5O2/c1-23-10-12-25(13-11-23)28-26(21-34(30-28)20-24-8-4-2-5-9-24)29(36)33-18-16-31(17-19-33)22-27(35)32-14-6-3-7-15-32/h2,4-5,8-13,21H,3,6-7,14-20,22H2,1H3. The van der Waals surface area contributed by atoms with Crippen molar-refractivity contribution in [3.05, 3.63) is 77.5 Å². The van der Waals surface area contributed by atoms with Crippen LogP contribution in [0.4, 0.5) is 0 Å². The van der Waals surface area contributed by atoms with Crippen LogP contribution in [0, 0.1) is 6.92 Å². The number of carbonyl (C=O) groups is 2. The Bertz CT molecular complexity index is 1170. The fourth-order valence-corrected chi connectivity index (χ4v) is 5.07. The van der Waals surface area contributed by atoms with Gasteiger partial charge in [0.05, 0.1) is 18.7 Å². The second-order valence-electron chi connectivity index (χ2n) is 9.95. The highest BCUT2D eigenvalue weighted by Crippen LogP contribution is 2.25. The number of piperazine rings is 1. The van der Waals surface area contributed by atoms with Crippen molar-refractivity contribution in [2.45, 2.75) is 32.7 Å². The van der Waals surface area contributed by atoms with E-state index in [-0.39, 0.29) is 11.8 Å². The minimum atomic E-state index is 0.00638. The Labute approximate surface area is 213 Å². The molecular formula is C29H35N5O2. The third-order valence-electron chi connectivity index (χ3n) is 7.23. The molecule has 0 N–H and O–H groups in total. The molecule has 7 heteroatoms. The summed E-state index contributed by atoms with van der Waals surface area (Å²) >= 11 is 0. The lowest BCUT2D eigenvalue weighted by atomic mass is 10.1. The van der Waals surface area contributed by atoms with Gasteiger partial charge >= 0.3 is 0 Å². The largest absolute Gasteiger partial charge is 0.342 e. The van der Waals surface area contributed by atoms with Crippen LogP contribution in [0.2, 0.25) is 0 Å². The van der Waals surface area contributed by atoms with Crippen molar-refractivity contribution >= 4 is 11.8 Å². The Morgan fingerprint density at radius 3 is 2.19 bits per heavy atom. The first kappa shape index (κ1) is 24.3. The summed E-state index contributed by atoms with van der Waals surface area (Å²) in [6, 6.07) is 18.3. The van der Waals surface area contributed by atoms with Gasteiger partial charge in [-0.15, -0.1) is 0 Å². The van der Waals surface area contributed by atoms with Gasteiger partial charge in [0.2, 0.25) is 5.91 Å². The smallest absolute Gasteiger partial charge is 0.257 e. The topological polar surface area (TPSA) is 61.7 Å². The van der Waals surface area contributed by atoms with Gasteiger partial charge < -0.3 is 9.80 Å². The van der Waals surface area contributed by atoms with E-state index in [0.29, 0.717) is 44.8 Å². The maximum atomic E-state index is 13.7. The molecule has 0 unspecified atom stereocenters. The molecule has 0 radical (unpaired) electrons. The Balaban J connectivity index is 1.29. The molecule has 1 aromatic heterocycles. The zero-order valence-electron chi connectivity index (χ0n) is 21.1. The third-order valence-corrected chi connectivity index (χ3v) is 7.23. The van der Waals surface area contributed by atoms with Gasteiger partial charge in [-0.05, 0) is 31.7 Å². The lowest BCUT2D eigenvalue weighted by Gasteiger charge is -2.36. The summed E-state index contributed by atoms with van der Waals surface area (Å²) in [5.74, 6) is 0.227. The molecule has 36 heavy (non-hydrogen) atoms. The summed E-state index contributed by atoms with van der Waals surface area (Å²) in [4.78, 5) is 32.4. The Morgan fingerprint density at radius 1 is 0.806 bits per heavy atom. The van der Waals surface area contributed by atoms with E-state index < -0.39 is 0 Å². The van der Waals surface area contributed by atoms with Gasteiger partial charge in [0.1, 0.15) is 5.69 Å². The maximum Gasteiger partial charge on any atom is 0.257 e. The Kier molecular flexibility index (Phi) is 7.47. The lowest BCUT2D eigenvalue weighted by molar-refractivity contribution is -0.133. The lowest BCUT2D eigenvalue weighted by Crippen LogP contribution is -2.52. The van der Waals surface area contributed by atoms with E-state index in [9.17, 15) is 9.59 Å². The second-order valence-corrected chi connectivity index (χ2v) is 9.95. The number of nitrogens with zero attached hydrogens (tertiary/aromatic N) is 5. The average molecular weight is 486 g/mol. The van der Waals surface area contributed by atoms with Crippen molar-refractivity contribution in [2.24, 2.45) is 0 Å². The zero-order valence-corrected chi connectivity index (χ0v) is 21.1. The molecule has 0 atom stereocenters. The number of aryl methyl sites for hydroxylation is 1. The normalized spacial score (nSPS) is 16.8. The van der Waals surface area contributed by atoms with Gasteiger partial charge in [0.15, 0.2) is 0 Å². The number of benzene rings is 2. The van der Waals surface area contributed by atoms with E-state index in [1.165, 1.54) is 12.0 Å². The fraction of sp³-hybridized carbons (Fsp3) is 0.414. The molecular weight excluding hydrogens is 450 g/mol. The first-order valence-electron chi connectivity index (χ1n) is 13.0. The van der Waals surface area contributed by atoms with Gasteiger partial charge in [0.25, 0.3) is 5.91 Å². The van der Waals surface area contributed by atoms with Crippen LogP contribution in [0.5, 0.6) is 0 Å². The van der Waals surface area contributed by atoms with Gasteiger partial charge in [-0.25, -0.2) is 0 Å². The molecule has 7 nitrogen and oxygen atoms in total. The van der Waals surface area contributed by atoms with E-state index in [2.05, 4.69) is 36.1 Å². The van der Waals surface area contributed by atoms with Crippen molar-refractivity contribution < 1.29 is 9.59 Å². The number of piperidine rings is 1. The van der Waals surface area contributed by atoms with E-state index in [1.54, 1.807) is 0 Å². The number of carbonyl (C=O) groups excluding carboxylic acids is 2. The molecule has 0 saturated carbocycles. The first-order chi connectivity index (χ1) is 17.6. The minimum Gasteiger partial charge on any atom is -0.342 e. The van der Waals surface area contributed by atoms with Crippen molar-refractivity contribution in [1.29, 1.82) is 0 Å². The van der Waals surface area contributed by atoms with E-state index in [4.69, 9.17) is 5.10 Å². The summed E-state index contributed by atoms with van der Waals surface area (Å²) < 4.78 is 1.87. The summed E-state index contributed by atoms with van der Waals surface area (Å²) in [5.41, 5.74) is 4.61. The van der Waals surface area contributed by atoms with E-state index >= 15 is 0 Å². The number of hydrogen-bond acceptors (Lipinski definition) is 4. The molecule has 3 heterocycles. The van der Waals surface area contributed by atoms with Crippen LogP contribution in [-0.4, -0.2) is 82.1 Å². The Hall–Kier alpha value is -3.45. The number of hydrogen-bond donors (Lipinski definition) is 0. The SMILES string of the molecule is Cc1ccc(-c2nn(Cc3ccccc3)cc2C(=O)N2CCN(CC(=O)N3CCCCC3)CC2)cc1. The second kappa shape index (κ2) is 11.1. The molecule has 2 amide bonds. The third kappa shape index (κ3) is 5.68. The van der Waals surface area contributed by atoms with Crippen molar-refractivity contribution in [3.8, 4) is 11.3 Å². The minimum absolute atomic E-state index is 0.00638. The predicted octanol–water partition coefficient (Wildman–Crippen LogP) is 3.68. The van der Waals surface area contributed by atoms with Crippen LogP contribution in [0.25, 0.3) is 11.3 Å². The molecule has 2 aromatic carbocycles. The zero-order chi connectivity index (χ0) is 24.9. The number of rotatable bonds is 6. The maximum absolute atomic E-state index is 13.7. The summed E-state index contributed by atoms with van der Waals surface area (Å²) in [6.07, 6.45) is 5.32. The van der Waals surface area contributed by atoms with Gasteiger partial charge in [0, 0.05) is 51.0 Å². The molecule has 0 spiro atoms. The first-order valence-corrected chi connectivity index (χ1v) is 13.0. The van der Waals surface area contributed by atoms with Gasteiger partial charge in [-0.1, -0.05) is 60.2 Å². The van der Waals surface area contributed by atoms with E-state index in [1.807, 2.05) is 51.0 Å². The van der Waals surface area contributed by atoms with E-state index in [0.717, 1.165) is 42.8 Å². The number of amides is 2. The molecule has 2 aliphatic heterocycles. The van der Waals surface area contributed by atoms with Crippen molar-refractivity contribution in [1.82, 2.24) is 24.5 Å². The average Bonchev–Trinajstić information content (AvgIpc) is 3.34. The molecule has 3 aromatic rings.